The summed E-state index contributed by atoms with van der Waals surface area (Å²) >= 11 is 0. The molecule has 13 atom stereocenters. The van der Waals surface area contributed by atoms with E-state index in [0.717, 1.165) is 32.5 Å². The Morgan fingerprint density at radius 3 is 2.37 bits per heavy atom. The van der Waals surface area contributed by atoms with Crippen LogP contribution in [0.1, 0.15) is 39.0 Å². The van der Waals surface area contributed by atoms with Crippen molar-refractivity contribution in [3.8, 4) is 0 Å². The highest BCUT2D eigenvalue weighted by molar-refractivity contribution is 5.73. The van der Waals surface area contributed by atoms with E-state index in [2.05, 4.69) is 6.92 Å². The quantitative estimate of drug-likeness (QED) is 0.617. The van der Waals surface area contributed by atoms with Gasteiger partial charge in [-0.25, -0.2) is 0 Å². The van der Waals surface area contributed by atoms with Crippen LogP contribution in [-0.4, -0.2) is 0 Å². The smallest absolute Gasteiger partial charge is 0.00657 e. The van der Waals surface area contributed by atoms with Crippen LogP contribution >= 0.6 is 0 Å². The van der Waals surface area contributed by atoms with E-state index in [1.165, 1.54) is 41.4 Å². The van der Waals surface area contributed by atoms with Crippen LogP contribution in [0.15, 0.2) is 0 Å². The van der Waals surface area contributed by atoms with Gasteiger partial charge in [0.05, 0.1) is 0 Å². The minimum absolute atomic E-state index is 0.925. The van der Waals surface area contributed by atoms with Gasteiger partial charge in [0.15, 0.2) is 0 Å². The van der Waals surface area contributed by atoms with Crippen LogP contribution in [0.3, 0.4) is 0 Å². The van der Waals surface area contributed by atoms with E-state index in [0.29, 0.717) is 0 Å². The van der Waals surface area contributed by atoms with E-state index < -0.39 is 0 Å². The Hall–Kier alpha value is 0. The first-order valence-corrected chi connectivity index (χ1v) is 9.24. The van der Waals surface area contributed by atoms with Crippen LogP contribution in [0.4, 0.5) is 0 Å². The van der Waals surface area contributed by atoms with Gasteiger partial charge < -0.3 is 0 Å². The van der Waals surface area contributed by atoms with Crippen LogP contribution in [0.5, 0.6) is 0 Å². The second-order valence-electron chi connectivity index (χ2n) is 11.1. The minimum Gasteiger partial charge on any atom is -0.0582 e. The molecule has 10 aliphatic carbocycles. The molecule has 0 N–H and O–H groups in total. The highest BCUT2D eigenvalue weighted by Crippen LogP contribution is 3.30. The maximum absolute atomic E-state index is 2.85. The molecule has 0 bridgehead atoms. The summed E-state index contributed by atoms with van der Waals surface area (Å²) in [6.07, 6.45) is 8.59. The minimum atomic E-state index is 0.925. The lowest BCUT2D eigenvalue weighted by atomic mass is 8.77. The fraction of sp³-hybridized carbons (Fsp3) is 1.00. The molecule has 0 heterocycles. The van der Waals surface area contributed by atoms with E-state index in [4.69, 9.17) is 0 Å². The van der Waals surface area contributed by atoms with Gasteiger partial charge in [-0.2, -0.15) is 0 Å². The van der Waals surface area contributed by atoms with Crippen LogP contribution in [0, 0.1) is 73.9 Å². The SMILES string of the molecule is CC12C3CC4C5CC6CC78CC9C%10CC3C%101C97C42C658. The van der Waals surface area contributed by atoms with E-state index >= 15 is 0 Å². The molecule has 5 spiro atoms. The summed E-state index contributed by atoms with van der Waals surface area (Å²) in [5, 5.41) is 0. The zero-order valence-corrected chi connectivity index (χ0v) is 11.6. The van der Waals surface area contributed by atoms with Gasteiger partial charge in [0.2, 0.25) is 0 Å². The molecule has 96 valence electrons. The molecule has 10 saturated carbocycles. The summed E-state index contributed by atoms with van der Waals surface area (Å²) in [7, 11) is 0. The van der Waals surface area contributed by atoms with E-state index in [9.17, 15) is 0 Å². The zero-order valence-electron chi connectivity index (χ0n) is 11.6. The molecule has 13 unspecified atom stereocenters. The standard InChI is InChI=1S/C19H20/c1-14-8-3-12-9-2-7-5-15-6-13-11-4-10(8)17(11,14)19(13,15)18(12,14)16(7,9)15/h7-13H,2-6H2,1H3. The number of fused-ring (bicyclic) bond motifs is 3. The van der Waals surface area contributed by atoms with Crippen molar-refractivity contribution in [2.45, 2.75) is 39.0 Å². The van der Waals surface area contributed by atoms with Gasteiger partial charge in [-0.1, -0.05) is 6.92 Å². The molecule has 0 aromatic carbocycles. The topological polar surface area (TPSA) is 0 Å². The van der Waals surface area contributed by atoms with Crippen molar-refractivity contribution in [3.05, 3.63) is 0 Å². The number of hydrogen-bond donors (Lipinski definition) is 0. The molecule has 19 heavy (non-hydrogen) atoms. The van der Waals surface area contributed by atoms with Crippen molar-refractivity contribution in [2.75, 3.05) is 0 Å². The molecule has 0 saturated heterocycles. The van der Waals surface area contributed by atoms with Crippen molar-refractivity contribution in [3.63, 3.8) is 0 Å². The predicted octanol–water partition coefficient (Wildman–Crippen LogP) is 3.32. The molecule has 10 aliphatic rings. The van der Waals surface area contributed by atoms with Crippen LogP contribution in [0.2, 0.25) is 0 Å². The van der Waals surface area contributed by atoms with Crippen LogP contribution in [0.25, 0.3) is 0 Å². The lowest BCUT2D eigenvalue weighted by Gasteiger charge is -3.25. The fourth-order valence-corrected chi connectivity index (χ4v) is 15.4. The van der Waals surface area contributed by atoms with Gasteiger partial charge in [0.25, 0.3) is 0 Å². The summed E-state index contributed by atoms with van der Waals surface area (Å²) in [6.45, 7) is 2.85. The summed E-state index contributed by atoms with van der Waals surface area (Å²) < 4.78 is 0. The maximum Gasteiger partial charge on any atom is -0.00657 e. The highest BCUT2D eigenvalue weighted by Gasteiger charge is 3.27. The second-order valence-corrected chi connectivity index (χ2v) is 11.1. The molecular formula is C19H20. The molecule has 0 heteroatoms. The lowest BCUT2D eigenvalue weighted by Crippen LogP contribution is -3.22. The molecule has 0 radical (unpaired) electrons. The molecule has 0 aromatic rings. The third kappa shape index (κ3) is 0.238. The average molecular weight is 248 g/mol. The predicted molar refractivity (Wildman–Crippen MR) is 67.8 cm³/mol. The lowest BCUT2D eigenvalue weighted by molar-refractivity contribution is -0.797. The first-order chi connectivity index (χ1) is 9.24. The third-order valence-corrected chi connectivity index (χ3v) is 13.6. The van der Waals surface area contributed by atoms with Gasteiger partial charge in [-0.05, 0) is 106 Å². The van der Waals surface area contributed by atoms with Gasteiger partial charge >= 0.3 is 0 Å². The Morgan fingerprint density at radius 2 is 1.47 bits per heavy atom. The Bertz CT molecular complexity index is 738. The molecule has 0 aliphatic heterocycles. The Kier molecular flexibility index (Phi) is 0.559. The Labute approximate surface area is 113 Å². The van der Waals surface area contributed by atoms with Gasteiger partial charge in [-0.3, -0.25) is 0 Å². The maximum atomic E-state index is 2.85. The molecule has 0 aromatic heterocycles. The van der Waals surface area contributed by atoms with Crippen molar-refractivity contribution >= 4 is 0 Å². The fourth-order valence-electron chi connectivity index (χ4n) is 15.4. The largest absolute Gasteiger partial charge is 0.0582 e. The van der Waals surface area contributed by atoms with Crippen molar-refractivity contribution in [2.24, 2.45) is 73.9 Å². The van der Waals surface area contributed by atoms with Gasteiger partial charge in [0.1, 0.15) is 0 Å². The summed E-state index contributed by atoms with van der Waals surface area (Å²) in [5.74, 6) is 8.86. The normalized spacial score (nSPS) is 107. The molecule has 0 amide bonds. The Morgan fingerprint density at radius 1 is 0.684 bits per heavy atom. The monoisotopic (exact) mass is 248 g/mol. The van der Waals surface area contributed by atoms with E-state index in [1.54, 1.807) is 32.1 Å². The first-order valence-electron chi connectivity index (χ1n) is 9.24. The second kappa shape index (κ2) is 1.35. The van der Waals surface area contributed by atoms with Crippen LogP contribution in [-0.2, 0) is 0 Å². The average Bonchev–Trinajstić information content (AvgIpc) is 2.43. The van der Waals surface area contributed by atoms with Gasteiger partial charge in [0, 0.05) is 0 Å². The number of hydrogen-bond acceptors (Lipinski definition) is 0. The van der Waals surface area contributed by atoms with Gasteiger partial charge in [-0.15, -0.1) is 0 Å². The molecule has 10 fully saturated rings. The molecule has 0 nitrogen and oxygen atoms in total. The van der Waals surface area contributed by atoms with E-state index in [1.807, 2.05) is 0 Å². The first kappa shape index (κ1) is 7.85. The zero-order chi connectivity index (χ0) is 11.6. The summed E-state index contributed by atoms with van der Waals surface area (Å²) in [5.41, 5.74) is 6.04. The highest BCUT2D eigenvalue weighted by atomic mass is 15.3. The Balaban J connectivity index is 1.47. The molecular weight excluding hydrogens is 228 g/mol. The summed E-state index contributed by atoms with van der Waals surface area (Å²) in [6, 6.07) is 0. The van der Waals surface area contributed by atoms with Crippen LogP contribution < -0.4 is 0 Å². The third-order valence-electron chi connectivity index (χ3n) is 13.6. The van der Waals surface area contributed by atoms with Crippen molar-refractivity contribution in [1.29, 1.82) is 0 Å². The number of rotatable bonds is 0. The van der Waals surface area contributed by atoms with Crippen molar-refractivity contribution in [1.82, 2.24) is 0 Å². The van der Waals surface area contributed by atoms with Crippen molar-refractivity contribution < 1.29 is 0 Å². The summed E-state index contributed by atoms with van der Waals surface area (Å²) in [4.78, 5) is 0. The van der Waals surface area contributed by atoms with E-state index in [-0.39, 0.29) is 0 Å². The molecule has 10 rings (SSSR count).